The lowest BCUT2D eigenvalue weighted by molar-refractivity contribution is -0.130. The molecule has 4 nitrogen and oxygen atoms in total. The van der Waals surface area contributed by atoms with Gasteiger partial charge >= 0.3 is 0 Å². The highest BCUT2D eigenvalue weighted by Gasteiger charge is 2.35. The molecular weight excluding hydrogens is 282 g/mol. The Kier molecular flexibility index (Phi) is 4.27. The Hall–Kier alpha value is -1.38. The van der Waals surface area contributed by atoms with E-state index in [9.17, 15) is 4.79 Å². The maximum Gasteiger partial charge on any atom is 0.219 e. The summed E-state index contributed by atoms with van der Waals surface area (Å²) in [5, 5.41) is 8.91. The van der Waals surface area contributed by atoms with Crippen LogP contribution >= 0.6 is 11.3 Å². The number of rotatable bonds is 5. The molecule has 1 saturated carbocycles. The van der Waals surface area contributed by atoms with E-state index in [-0.39, 0.29) is 5.91 Å². The largest absolute Gasteiger partial charge is 0.338 e. The van der Waals surface area contributed by atoms with Crippen LogP contribution in [0.15, 0.2) is 12.1 Å². The van der Waals surface area contributed by atoms with E-state index in [1.165, 1.54) is 30.6 Å². The second-order valence-corrected chi connectivity index (χ2v) is 7.22. The highest BCUT2D eigenvalue weighted by atomic mass is 32.1. The van der Waals surface area contributed by atoms with E-state index >= 15 is 0 Å². The second-order valence-electron chi connectivity index (χ2n) is 6.05. The molecule has 0 unspecified atom stereocenters. The van der Waals surface area contributed by atoms with Gasteiger partial charge in [0.2, 0.25) is 5.91 Å². The smallest absolute Gasteiger partial charge is 0.219 e. The lowest BCUT2D eigenvalue weighted by Gasteiger charge is -2.30. The zero-order chi connectivity index (χ0) is 14.8. The zero-order valence-electron chi connectivity index (χ0n) is 12.4. The number of nitrogens with zero attached hydrogens (tertiary/aromatic N) is 3. The van der Waals surface area contributed by atoms with Crippen LogP contribution in [0, 0.1) is 11.3 Å². The highest BCUT2D eigenvalue weighted by Crippen LogP contribution is 2.30. The molecule has 0 aromatic carbocycles. The van der Waals surface area contributed by atoms with Gasteiger partial charge in [0.25, 0.3) is 0 Å². The summed E-state index contributed by atoms with van der Waals surface area (Å²) in [7, 11) is 0. The van der Waals surface area contributed by atoms with Crippen LogP contribution in [-0.4, -0.2) is 40.9 Å². The summed E-state index contributed by atoms with van der Waals surface area (Å²) in [6.45, 7) is 4.57. The third-order valence-corrected chi connectivity index (χ3v) is 5.40. The number of likely N-dealkylation sites (tertiary alicyclic amines) is 1. The van der Waals surface area contributed by atoms with Crippen molar-refractivity contribution in [3.63, 3.8) is 0 Å². The maximum atomic E-state index is 11.8. The summed E-state index contributed by atoms with van der Waals surface area (Å²) in [6.07, 6.45) is 4.72. The van der Waals surface area contributed by atoms with Gasteiger partial charge in [0.05, 0.1) is 0 Å². The van der Waals surface area contributed by atoms with Gasteiger partial charge in [0.1, 0.15) is 10.9 Å². The van der Waals surface area contributed by atoms with Gasteiger partial charge in [-0.25, -0.2) is 0 Å². The van der Waals surface area contributed by atoms with Gasteiger partial charge in [0, 0.05) is 37.0 Å². The first-order valence-electron chi connectivity index (χ1n) is 7.67. The van der Waals surface area contributed by atoms with E-state index in [2.05, 4.69) is 21.9 Å². The first kappa shape index (κ1) is 14.6. The molecule has 1 saturated heterocycles. The molecular formula is C16H21N3OS. The Bertz CT molecular complexity index is 558. The molecule has 0 bridgehead atoms. The van der Waals surface area contributed by atoms with E-state index < -0.39 is 0 Å². The van der Waals surface area contributed by atoms with Crippen molar-refractivity contribution in [1.29, 1.82) is 5.26 Å². The molecule has 2 fully saturated rings. The molecule has 1 amide bonds. The molecule has 1 atom stereocenters. The standard InChI is InChI=1S/C16H21N3OS/c1-12(20)19(13-4-5-13)10-14-3-2-8-18(14)11-16-7-6-15(9-17)21-16/h6-7,13-14H,2-5,8,10-11H2,1H3/t14-/m1/s1. The van der Waals surface area contributed by atoms with Crippen LogP contribution < -0.4 is 0 Å². The molecule has 1 aliphatic heterocycles. The van der Waals surface area contributed by atoms with Crippen LogP contribution in [0.1, 0.15) is 42.4 Å². The number of hydrogen-bond donors (Lipinski definition) is 0. The monoisotopic (exact) mass is 303 g/mol. The fourth-order valence-corrected chi connectivity index (χ4v) is 4.01. The summed E-state index contributed by atoms with van der Waals surface area (Å²) >= 11 is 1.58. The molecule has 2 heterocycles. The van der Waals surface area contributed by atoms with Gasteiger partial charge < -0.3 is 4.90 Å². The number of amides is 1. The lowest BCUT2D eigenvalue weighted by atomic mass is 10.2. The Morgan fingerprint density at radius 3 is 2.90 bits per heavy atom. The molecule has 112 valence electrons. The summed E-state index contributed by atoms with van der Waals surface area (Å²) in [4.78, 5) is 18.4. The van der Waals surface area contributed by atoms with Gasteiger partial charge in [-0.15, -0.1) is 11.3 Å². The number of carbonyl (C=O) groups excluding carboxylic acids is 1. The van der Waals surface area contributed by atoms with Gasteiger partial charge in [-0.1, -0.05) is 0 Å². The Balaban J connectivity index is 1.62. The number of thiophene rings is 1. The van der Waals surface area contributed by atoms with Crippen LogP contribution in [-0.2, 0) is 11.3 Å². The Labute approximate surface area is 130 Å². The summed E-state index contributed by atoms with van der Waals surface area (Å²) < 4.78 is 0. The first-order chi connectivity index (χ1) is 10.2. The van der Waals surface area contributed by atoms with Crippen LogP contribution in [0.3, 0.4) is 0 Å². The number of nitriles is 1. The molecule has 0 spiro atoms. The van der Waals surface area contributed by atoms with E-state index in [1.807, 2.05) is 6.07 Å². The maximum absolute atomic E-state index is 11.8. The molecule has 2 aliphatic rings. The van der Waals surface area contributed by atoms with E-state index in [0.29, 0.717) is 12.1 Å². The normalized spacial score (nSPS) is 22.2. The topological polar surface area (TPSA) is 47.3 Å². The zero-order valence-corrected chi connectivity index (χ0v) is 13.2. The molecule has 5 heteroatoms. The van der Waals surface area contributed by atoms with Crippen molar-refractivity contribution in [3.8, 4) is 6.07 Å². The first-order valence-corrected chi connectivity index (χ1v) is 8.49. The average molecular weight is 303 g/mol. The van der Waals surface area contributed by atoms with E-state index in [0.717, 1.165) is 24.5 Å². The van der Waals surface area contributed by atoms with Gasteiger partial charge in [-0.05, 0) is 44.4 Å². The molecule has 1 aromatic rings. The van der Waals surface area contributed by atoms with Gasteiger partial charge in [-0.2, -0.15) is 5.26 Å². The van der Waals surface area contributed by atoms with Gasteiger partial charge in [-0.3, -0.25) is 9.69 Å². The Morgan fingerprint density at radius 2 is 2.29 bits per heavy atom. The summed E-state index contributed by atoms with van der Waals surface area (Å²) in [5.41, 5.74) is 0. The molecule has 3 rings (SSSR count). The van der Waals surface area contributed by atoms with E-state index in [4.69, 9.17) is 5.26 Å². The fourth-order valence-electron chi connectivity index (χ4n) is 3.18. The van der Waals surface area contributed by atoms with Crippen molar-refractivity contribution in [2.75, 3.05) is 13.1 Å². The third-order valence-electron chi connectivity index (χ3n) is 4.43. The summed E-state index contributed by atoms with van der Waals surface area (Å²) in [5.74, 6) is 0.215. The number of hydrogen-bond acceptors (Lipinski definition) is 4. The molecule has 0 N–H and O–H groups in total. The third kappa shape index (κ3) is 3.45. The van der Waals surface area contributed by atoms with Crippen LogP contribution in [0.4, 0.5) is 0 Å². The van der Waals surface area contributed by atoms with Crippen LogP contribution in [0.5, 0.6) is 0 Å². The van der Waals surface area contributed by atoms with Gasteiger partial charge in [0.15, 0.2) is 0 Å². The van der Waals surface area contributed by atoms with Crippen molar-refractivity contribution in [2.24, 2.45) is 0 Å². The predicted molar refractivity (Wildman–Crippen MR) is 82.9 cm³/mol. The lowest BCUT2D eigenvalue weighted by Crippen LogP contribution is -2.43. The van der Waals surface area contributed by atoms with Crippen molar-refractivity contribution in [1.82, 2.24) is 9.80 Å². The molecule has 1 aliphatic carbocycles. The quantitative estimate of drug-likeness (QED) is 0.840. The molecule has 1 aromatic heterocycles. The van der Waals surface area contributed by atoms with Crippen LogP contribution in [0.25, 0.3) is 0 Å². The molecule has 21 heavy (non-hydrogen) atoms. The van der Waals surface area contributed by atoms with Crippen molar-refractivity contribution in [3.05, 3.63) is 21.9 Å². The minimum Gasteiger partial charge on any atom is -0.338 e. The van der Waals surface area contributed by atoms with Crippen molar-refractivity contribution < 1.29 is 4.79 Å². The minimum absolute atomic E-state index is 0.215. The van der Waals surface area contributed by atoms with Crippen molar-refractivity contribution in [2.45, 2.75) is 51.2 Å². The van der Waals surface area contributed by atoms with Crippen molar-refractivity contribution >= 4 is 17.2 Å². The minimum atomic E-state index is 0.215. The van der Waals surface area contributed by atoms with Crippen LogP contribution in [0.2, 0.25) is 0 Å². The number of carbonyl (C=O) groups is 1. The fraction of sp³-hybridized carbons (Fsp3) is 0.625. The Morgan fingerprint density at radius 1 is 1.48 bits per heavy atom. The second kappa shape index (κ2) is 6.17. The predicted octanol–water partition coefficient (Wildman–Crippen LogP) is 2.60. The SMILES string of the molecule is CC(=O)N(C[C@H]1CCCN1Cc1ccc(C#N)s1)C1CC1. The van der Waals surface area contributed by atoms with E-state index in [1.54, 1.807) is 18.3 Å². The highest BCUT2D eigenvalue weighted by molar-refractivity contribution is 7.12. The average Bonchev–Trinajstić information content (AvgIpc) is 3.04. The summed E-state index contributed by atoms with van der Waals surface area (Å²) in [6, 6.07) is 7.13. The molecule has 0 radical (unpaired) electrons.